The molecule has 0 spiro atoms. The predicted octanol–water partition coefficient (Wildman–Crippen LogP) is 3.24. The van der Waals surface area contributed by atoms with Crippen LogP contribution < -0.4 is 16.4 Å². The topological polar surface area (TPSA) is 151 Å². The molecule has 3 amide bonds. The Kier molecular flexibility index (Phi) is 8.39. The summed E-state index contributed by atoms with van der Waals surface area (Å²) in [7, 11) is 0. The van der Waals surface area contributed by atoms with Crippen molar-refractivity contribution in [1.82, 2.24) is 0 Å². The minimum atomic E-state index is -0.735. The smallest absolute Gasteiger partial charge is 0.339 e. The van der Waals surface area contributed by atoms with Crippen molar-refractivity contribution in [2.24, 2.45) is 5.73 Å². The van der Waals surface area contributed by atoms with Crippen molar-refractivity contribution in [3.63, 3.8) is 0 Å². The number of nitrogens with two attached hydrogens (primary N) is 1. The number of thioether (sulfide) groups is 1. The van der Waals surface area contributed by atoms with Gasteiger partial charge >= 0.3 is 5.97 Å². The van der Waals surface area contributed by atoms with Crippen molar-refractivity contribution in [3.8, 4) is 6.07 Å². The van der Waals surface area contributed by atoms with Crippen LogP contribution in [-0.2, 0) is 14.3 Å². The van der Waals surface area contributed by atoms with Crippen LogP contribution in [0.5, 0.6) is 0 Å². The first kappa shape index (κ1) is 24.5. The zero-order valence-corrected chi connectivity index (χ0v) is 19.2. The number of thiophene rings is 1. The van der Waals surface area contributed by atoms with E-state index in [-0.39, 0.29) is 27.8 Å². The summed E-state index contributed by atoms with van der Waals surface area (Å²) in [6.45, 7) is -0.566. The molecule has 0 atom stereocenters. The van der Waals surface area contributed by atoms with Gasteiger partial charge in [0.1, 0.15) is 5.00 Å². The lowest BCUT2D eigenvalue weighted by Gasteiger charge is -2.10. The summed E-state index contributed by atoms with van der Waals surface area (Å²) in [5, 5.41) is 16.0. The number of primary amides is 1. The Morgan fingerprint density at radius 1 is 1.00 bits per heavy atom. The molecule has 0 saturated carbocycles. The van der Waals surface area contributed by atoms with Crippen LogP contribution in [0.4, 0.5) is 10.7 Å². The van der Waals surface area contributed by atoms with Crippen molar-refractivity contribution >= 4 is 57.5 Å². The average molecular weight is 495 g/mol. The first-order chi connectivity index (χ1) is 16.4. The maximum Gasteiger partial charge on any atom is 0.339 e. The standard InChI is InChI=1S/C23H18N4O5S2/c24-11-14-4-3-5-15(10-14)26-20(29)13-34-18-7-2-1-6-16(18)23(31)32-12-19(28)27-22-17(21(25)30)8-9-33-22/h1-10H,12-13H2,(H2,25,30)(H,26,29)(H,27,28). The molecule has 0 radical (unpaired) electrons. The van der Waals surface area contributed by atoms with E-state index in [0.717, 1.165) is 23.1 Å². The van der Waals surface area contributed by atoms with Gasteiger partial charge in [-0.25, -0.2) is 4.79 Å². The molecule has 0 aliphatic rings. The second kappa shape index (κ2) is 11.6. The molecular formula is C23H18N4O5S2. The Morgan fingerprint density at radius 3 is 2.56 bits per heavy atom. The number of anilines is 2. The maximum atomic E-state index is 12.5. The largest absolute Gasteiger partial charge is 0.452 e. The number of esters is 1. The Labute approximate surface area is 202 Å². The van der Waals surface area contributed by atoms with Crippen LogP contribution >= 0.6 is 23.1 Å². The normalized spacial score (nSPS) is 10.1. The summed E-state index contributed by atoms with van der Waals surface area (Å²) in [4.78, 5) is 48.8. The molecule has 0 bridgehead atoms. The lowest BCUT2D eigenvalue weighted by atomic mass is 10.2. The third-order valence-electron chi connectivity index (χ3n) is 4.26. The molecule has 1 aromatic heterocycles. The monoisotopic (exact) mass is 494 g/mol. The van der Waals surface area contributed by atoms with Crippen LogP contribution in [0.1, 0.15) is 26.3 Å². The summed E-state index contributed by atoms with van der Waals surface area (Å²) in [6.07, 6.45) is 0. The van der Waals surface area contributed by atoms with Crippen molar-refractivity contribution < 1.29 is 23.9 Å². The molecule has 11 heteroatoms. The molecule has 3 aromatic rings. The Morgan fingerprint density at radius 2 is 1.79 bits per heavy atom. The van der Waals surface area contributed by atoms with Gasteiger partial charge in [0.2, 0.25) is 5.91 Å². The summed E-state index contributed by atoms with van der Waals surface area (Å²) in [6, 6.07) is 16.5. The molecule has 0 unspecified atom stereocenters. The third kappa shape index (κ3) is 6.68. The van der Waals surface area contributed by atoms with Crippen LogP contribution in [0.25, 0.3) is 0 Å². The van der Waals surface area contributed by atoms with E-state index < -0.39 is 24.4 Å². The second-order valence-electron chi connectivity index (χ2n) is 6.68. The van der Waals surface area contributed by atoms with Crippen LogP contribution in [0.3, 0.4) is 0 Å². The van der Waals surface area contributed by atoms with Crippen LogP contribution in [0, 0.1) is 11.3 Å². The lowest BCUT2D eigenvalue weighted by Crippen LogP contribution is -2.22. The zero-order chi connectivity index (χ0) is 24.5. The quantitative estimate of drug-likeness (QED) is 0.305. The van der Waals surface area contributed by atoms with Gasteiger partial charge < -0.3 is 21.1 Å². The molecule has 9 nitrogen and oxygen atoms in total. The molecule has 4 N–H and O–H groups in total. The minimum Gasteiger partial charge on any atom is -0.452 e. The second-order valence-corrected chi connectivity index (χ2v) is 8.61. The summed E-state index contributed by atoms with van der Waals surface area (Å²) in [5.74, 6) is -2.34. The number of nitrogens with one attached hydrogen (secondary N) is 2. The number of hydrogen-bond donors (Lipinski definition) is 3. The molecular weight excluding hydrogens is 476 g/mol. The number of nitrogens with zero attached hydrogens (tertiary/aromatic N) is 1. The number of amides is 3. The highest BCUT2D eigenvalue weighted by molar-refractivity contribution is 8.00. The Bertz CT molecular complexity index is 1280. The molecule has 0 aliphatic carbocycles. The first-order valence-electron chi connectivity index (χ1n) is 9.73. The van der Waals surface area contributed by atoms with Crippen molar-refractivity contribution in [2.45, 2.75) is 4.90 Å². The fourth-order valence-corrected chi connectivity index (χ4v) is 4.39. The fourth-order valence-electron chi connectivity index (χ4n) is 2.74. The van der Waals surface area contributed by atoms with E-state index in [4.69, 9.17) is 15.7 Å². The third-order valence-corrected chi connectivity index (χ3v) is 6.16. The molecule has 0 aliphatic heterocycles. The fraction of sp³-hybridized carbons (Fsp3) is 0.0870. The number of hydrogen-bond acceptors (Lipinski definition) is 8. The van der Waals surface area contributed by atoms with Gasteiger partial charge in [-0.15, -0.1) is 23.1 Å². The first-order valence-corrected chi connectivity index (χ1v) is 11.6. The van der Waals surface area contributed by atoms with Crippen LogP contribution in [0.2, 0.25) is 0 Å². The number of carbonyl (C=O) groups is 4. The van der Waals surface area contributed by atoms with E-state index in [2.05, 4.69) is 10.6 Å². The van der Waals surface area contributed by atoms with E-state index in [1.165, 1.54) is 12.1 Å². The van der Waals surface area contributed by atoms with E-state index in [1.807, 2.05) is 6.07 Å². The molecule has 172 valence electrons. The van der Waals surface area contributed by atoms with Gasteiger partial charge in [-0.3, -0.25) is 14.4 Å². The Balaban J connectivity index is 1.55. The zero-order valence-electron chi connectivity index (χ0n) is 17.6. The predicted molar refractivity (Wildman–Crippen MR) is 129 cm³/mol. The highest BCUT2D eigenvalue weighted by Crippen LogP contribution is 2.25. The minimum absolute atomic E-state index is 0.00975. The van der Waals surface area contributed by atoms with Crippen LogP contribution in [0.15, 0.2) is 64.9 Å². The van der Waals surface area contributed by atoms with Gasteiger partial charge in [0.15, 0.2) is 6.61 Å². The lowest BCUT2D eigenvalue weighted by molar-refractivity contribution is -0.119. The van der Waals surface area contributed by atoms with Gasteiger partial charge in [-0.2, -0.15) is 5.26 Å². The van der Waals surface area contributed by atoms with Crippen molar-refractivity contribution in [1.29, 1.82) is 5.26 Å². The number of carbonyl (C=O) groups excluding carboxylic acids is 4. The van der Waals surface area contributed by atoms with E-state index >= 15 is 0 Å². The summed E-state index contributed by atoms with van der Waals surface area (Å²) in [5.41, 5.74) is 6.53. The number of rotatable bonds is 9. The van der Waals surface area contributed by atoms with Crippen molar-refractivity contribution in [2.75, 3.05) is 23.0 Å². The van der Waals surface area contributed by atoms with Gasteiger partial charge in [0.05, 0.1) is 28.5 Å². The molecule has 34 heavy (non-hydrogen) atoms. The highest BCUT2D eigenvalue weighted by atomic mass is 32.2. The van der Waals surface area contributed by atoms with Crippen molar-refractivity contribution in [3.05, 3.63) is 76.7 Å². The number of nitriles is 1. The Hall–Kier alpha value is -4.14. The molecule has 0 saturated heterocycles. The maximum absolute atomic E-state index is 12.5. The highest BCUT2D eigenvalue weighted by Gasteiger charge is 2.17. The van der Waals surface area contributed by atoms with Gasteiger partial charge in [-0.05, 0) is 41.8 Å². The molecule has 0 fully saturated rings. The molecule has 3 rings (SSSR count). The van der Waals surface area contributed by atoms with Gasteiger partial charge in [0.25, 0.3) is 11.8 Å². The van der Waals surface area contributed by atoms with Gasteiger partial charge in [0, 0.05) is 10.6 Å². The van der Waals surface area contributed by atoms with Gasteiger partial charge in [-0.1, -0.05) is 18.2 Å². The van der Waals surface area contributed by atoms with Crippen LogP contribution in [-0.4, -0.2) is 36.1 Å². The molecule has 2 aromatic carbocycles. The molecule has 1 heterocycles. The summed E-state index contributed by atoms with van der Waals surface area (Å²) < 4.78 is 5.10. The number of ether oxygens (including phenoxy) is 1. The van der Waals surface area contributed by atoms with E-state index in [0.29, 0.717) is 16.1 Å². The number of benzene rings is 2. The van der Waals surface area contributed by atoms with E-state index in [9.17, 15) is 19.2 Å². The van der Waals surface area contributed by atoms with E-state index in [1.54, 1.807) is 47.8 Å². The SMILES string of the molecule is N#Cc1cccc(NC(=O)CSc2ccccc2C(=O)OCC(=O)Nc2sccc2C(N)=O)c1. The average Bonchev–Trinajstić information content (AvgIpc) is 3.30. The summed E-state index contributed by atoms with van der Waals surface area (Å²) >= 11 is 2.25.